The van der Waals surface area contributed by atoms with Crippen LogP contribution in [0, 0.1) is 10.1 Å². The second-order valence-corrected chi connectivity index (χ2v) is 4.42. The van der Waals surface area contributed by atoms with E-state index in [-0.39, 0.29) is 17.0 Å². The molecule has 0 aliphatic rings. The summed E-state index contributed by atoms with van der Waals surface area (Å²) in [6, 6.07) is 11.2. The molecular weight excluding hydrogens is 308 g/mol. The minimum absolute atomic E-state index is 0.0643. The number of nitro groups is 1. The molecule has 2 aromatic carbocycles. The molecule has 0 radical (unpaired) electrons. The Bertz CT molecular complexity index is 759. The number of hydrogen-bond donors (Lipinski definition) is 0. The van der Waals surface area contributed by atoms with E-state index in [0.717, 1.165) is 12.1 Å². The molecule has 23 heavy (non-hydrogen) atoms. The van der Waals surface area contributed by atoms with E-state index in [1.807, 2.05) is 0 Å². The lowest BCUT2D eigenvalue weighted by atomic mass is 10.1. The fourth-order valence-electron chi connectivity index (χ4n) is 1.86. The van der Waals surface area contributed by atoms with Gasteiger partial charge in [-0.25, -0.2) is 0 Å². The molecule has 0 aromatic heterocycles. The van der Waals surface area contributed by atoms with Crippen molar-refractivity contribution in [1.29, 1.82) is 0 Å². The number of allylic oxidation sites excluding steroid dienone is 1. The van der Waals surface area contributed by atoms with Crippen LogP contribution in [0.3, 0.4) is 0 Å². The van der Waals surface area contributed by atoms with Gasteiger partial charge in [-0.1, -0.05) is 30.3 Å². The smallest absolute Gasteiger partial charge is 0.387 e. The molecule has 2 rings (SSSR count). The molecule has 0 aliphatic carbocycles. The number of carbonyl (C=O) groups excluding carboxylic acids is 1. The van der Waals surface area contributed by atoms with Crippen LogP contribution in [-0.2, 0) is 0 Å². The largest absolute Gasteiger partial charge is 0.434 e. The van der Waals surface area contributed by atoms with E-state index in [2.05, 4.69) is 4.74 Å². The number of ether oxygens (including phenoxy) is 1. The molecule has 0 heterocycles. The van der Waals surface area contributed by atoms with E-state index in [1.165, 1.54) is 42.5 Å². The molecule has 0 unspecified atom stereocenters. The number of para-hydroxylation sites is 1. The Morgan fingerprint density at radius 3 is 2.61 bits per heavy atom. The third-order valence-electron chi connectivity index (χ3n) is 2.89. The van der Waals surface area contributed by atoms with Gasteiger partial charge in [0, 0.05) is 23.3 Å². The number of ketones is 1. The molecule has 0 aliphatic heterocycles. The van der Waals surface area contributed by atoms with Gasteiger partial charge in [0.2, 0.25) is 0 Å². The van der Waals surface area contributed by atoms with Crippen LogP contribution >= 0.6 is 0 Å². The summed E-state index contributed by atoms with van der Waals surface area (Å²) in [7, 11) is 0. The minimum Gasteiger partial charge on any atom is -0.434 e. The van der Waals surface area contributed by atoms with Gasteiger partial charge in [0.1, 0.15) is 5.75 Å². The van der Waals surface area contributed by atoms with E-state index in [9.17, 15) is 23.7 Å². The van der Waals surface area contributed by atoms with Gasteiger partial charge in [-0.3, -0.25) is 14.9 Å². The number of alkyl halides is 2. The van der Waals surface area contributed by atoms with Crippen LogP contribution < -0.4 is 4.74 Å². The number of nitrogens with zero attached hydrogens (tertiary/aromatic N) is 1. The second kappa shape index (κ2) is 7.26. The number of carbonyl (C=O) groups is 1. The summed E-state index contributed by atoms with van der Waals surface area (Å²) < 4.78 is 29.0. The van der Waals surface area contributed by atoms with Crippen LogP contribution in [0.2, 0.25) is 0 Å². The molecule has 0 bridgehead atoms. The van der Waals surface area contributed by atoms with Gasteiger partial charge in [-0.05, 0) is 18.2 Å². The summed E-state index contributed by atoms with van der Waals surface area (Å²) in [4.78, 5) is 22.1. The predicted molar refractivity (Wildman–Crippen MR) is 79.5 cm³/mol. The zero-order chi connectivity index (χ0) is 16.8. The van der Waals surface area contributed by atoms with E-state index in [0.29, 0.717) is 5.56 Å². The van der Waals surface area contributed by atoms with E-state index >= 15 is 0 Å². The highest BCUT2D eigenvalue weighted by Crippen LogP contribution is 2.22. The van der Waals surface area contributed by atoms with Crippen LogP contribution in [0.15, 0.2) is 54.6 Å². The molecule has 0 saturated carbocycles. The lowest BCUT2D eigenvalue weighted by molar-refractivity contribution is -0.384. The molecule has 0 fully saturated rings. The Morgan fingerprint density at radius 2 is 1.91 bits per heavy atom. The van der Waals surface area contributed by atoms with Crippen molar-refractivity contribution >= 4 is 17.5 Å². The van der Waals surface area contributed by atoms with Crippen LogP contribution in [-0.4, -0.2) is 17.3 Å². The number of hydrogen-bond acceptors (Lipinski definition) is 4. The Balaban J connectivity index is 2.22. The lowest BCUT2D eigenvalue weighted by Crippen LogP contribution is -2.03. The van der Waals surface area contributed by atoms with Crippen molar-refractivity contribution in [3.63, 3.8) is 0 Å². The van der Waals surface area contributed by atoms with Crippen LogP contribution in [0.4, 0.5) is 14.5 Å². The molecule has 0 atom stereocenters. The van der Waals surface area contributed by atoms with Crippen molar-refractivity contribution in [1.82, 2.24) is 0 Å². The van der Waals surface area contributed by atoms with Crippen molar-refractivity contribution in [3.8, 4) is 5.75 Å². The van der Waals surface area contributed by atoms with Crippen molar-refractivity contribution < 1.29 is 23.2 Å². The molecule has 0 amide bonds. The summed E-state index contributed by atoms with van der Waals surface area (Å²) in [5.74, 6) is -0.550. The fraction of sp³-hybridized carbons (Fsp3) is 0.0625. The molecule has 2 aromatic rings. The third kappa shape index (κ3) is 4.44. The number of benzene rings is 2. The van der Waals surface area contributed by atoms with Gasteiger partial charge in [0.15, 0.2) is 5.78 Å². The average Bonchev–Trinajstić information content (AvgIpc) is 2.53. The molecule has 118 valence electrons. The number of rotatable bonds is 6. The quantitative estimate of drug-likeness (QED) is 0.348. The Morgan fingerprint density at radius 1 is 1.17 bits per heavy atom. The summed E-state index contributed by atoms with van der Waals surface area (Å²) in [6.45, 7) is -2.97. The number of nitro benzene ring substituents is 1. The summed E-state index contributed by atoms with van der Waals surface area (Å²) >= 11 is 0. The van der Waals surface area contributed by atoms with Crippen LogP contribution in [0.5, 0.6) is 5.75 Å². The Kier molecular flexibility index (Phi) is 5.14. The van der Waals surface area contributed by atoms with Gasteiger partial charge in [-0.15, -0.1) is 0 Å². The van der Waals surface area contributed by atoms with Gasteiger partial charge in [-0.2, -0.15) is 8.78 Å². The highest BCUT2D eigenvalue weighted by atomic mass is 19.3. The van der Waals surface area contributed by atoms with Crippen LogP contribution in [0.25, 0.3) is 6.08 Å². The molecule has 5 nitrogen and oxygen atoms in total. The van der Waals surface area contributed by atoms with Crippen LogP contribution in [0.1, 0.15) is 15.9 Å². The number of non-ortho nitro benzene ring substituents is 1. The maximum Gasteiger partial charge on any atom is 0.387 e. The van der Waals surface area contributed by atoms with E-state index < -0.39 is 17.3 Å². The average molecular weight is 319 g/mol. The molecular formula is C16H11F2NO4. The highest BCUT2D eigenvalue weighted by Gasteiger charge is 2.10. The fourth-order valence-corrected chi connectivity index (χ4v) is 1.86. The van der Waals surface area contributed by atoms with Gasteiger partial charge in [0.05, 0.1) is 4.92 Å². The first-order chi connectivity index (χ1) is 11.0. The maximum absolute atomic E-state index is 12.3. The molecule has 7 heteroatoms. The Hall–Kier alpha value is -3.09. The molecule has 0 N–H and O–H groups in total. The zero-order valence-corrected chi connectivity index (χ0v) is 11.7. The minimum atomic E-state index is -2.97. The number of halogens is 2. The Labute approximate surface area is 130 Å². The summed E-state index contributed by atoms with van der Waals surface area (Å²) in [5.41, 5.74) is 0.222. The highest BCUT2D eigenvalue weighted by molar-refractivity contribution is 6.07. The van der Waals surface area contributed by atoms with Crippen molar-refractivity contribution in [2.24, 2.45) is 0 Å². The van der Waals surface area contributed by atoms with Crippen molar-refractivity contribution in [2.75, 3.05) is 0 Å². The summed E-state index contributed by atoms with van der Waals surface area (Å²) in [6.07, 6.45) is 2.46. The normalized spacial score (nSPS) is 10.9. The van der Waals surface area contributed by atoms with Crippen molar-refractivity contribution in [2.45, 2.75) is 6.61 Å². The first kappa shape index (κ1) is 16.3. The zero-order valence-electron chi connectivity index (χ0n) is 11.7. The first-order valence-corrected chi connectivity index (χ1v) is 6.48. The van der Waals surface area contributed by atoms with Gasteiger partial charge >= 0.3 is 6.61 Å². The SMILES string of the molecule is O=C(/C=C/c1ccccc1OC(F)F)c1cccc([N+](=O)[O-])c1. The van der Waals surface area contributed by atoms with Crippen molar-refractivity contribution in [3.05, 3.63) is 75.8 Å². The second-order valence-electron chi connectivity index (χ2n) is 4.42. The van der Waals surface area contributed by atoms with Gasteiger partial charge < -0.3 is 4.74 Å². The topological polar surface area (TPSA) is 69.4 Å². The lowest BCUT2D eigenvalue weighted by Gasteiger charge is -2.07. The molecule has 0 spiro atoms. The van der Waals surface area contributed by atoms with Gasteiger partial charge in [0.25, 0.3) is 5.69 Å². The molecule has 0 saturated heterocycles. The van der Waals surface area contributed by atoms with E-state index in [4.69, 9.17) is 0 Å². The standard InChI is InChI=1S/C16H11F2NO4/c17-16(18)23-15-7-2-1-4-11(15)8-9-14(20)12-5-3-6-13(10-12)19(21)22/h1-10,16H/b9-8+. The third-order valence-corrected chi connectivity index (χ3v) is 2.89. The monoisotopic (exact) mass is 319 g/mol. The predicted octanol–water partition coefficient (Wildman–Crippen LogP) is 4.09. The summed E-state index contributed by atoms with van der Waals surface area (Å²) in [5, 5.41) is 10.7. The maximum atomic E-state index is 12.3. The van der Waals surface area contributed by atoms with E-state index in [1.54, 1.807) is 6.07 Å². The first-order valence-electron chi connectivity index (χ1n) is 6.48.